The third-order valence-corrected chi connectivity index (χ3v) is 3.85. The molecule has 68 valence electrons. The highest BCUT2D eigenvalue weighted by molar-refractivity contribution is 8.10. The lowest BCUT2D eigenvalue weighted by Gasteiger charge is -2.38. The highest BCUT2D eigenvalue weighted by Gasteiger charge is 2.49. The van der Waals surface area contributed by atoms with Gasteiger partial charge in [0.2, 0.25) is 5.60 Å². The Bertz CT molecular complexity index is 219. The van der Waals surface area contributed by atoms with Crippen molar-refractivity contribution in [3.63, 3.8) is 0 Å². The van der Waals surface area contributed by atoms with Crippen LogP contribution >= 0.6 is 24.4 Å². The lowest BCUT2D eigenvalue weighted by molar-refractivity contribution is -0.0838. The Morgan fingerprint density at radius 3 is 2.58 bits per heavy atom. The summed E-state index contributed by atoms with van der Waals surface area (Å²) in [5.41, 5.74) is -1.95. The topological polar surface area (TPSA) is 84.5 Å². The molecular weight excluding hydrogens is 198 g/mol. The number of hydrogen-bond donors (Lipinski definition) is 4. The molecule has 0 spiro atoms. The number of nitrogens with zero attached hydrogens (tertiary/aromatic N) is 1. The van der Waals surface area contributed by atoms with Crippen LogP contribution in [0.2, 0.25) is 0 Å². The zero-order valence-corrected chi connectivity index (χ0v) is 7.79. The van der Waals surface area contributed by atoms with Gasteiger partial charge in [0.05, 0.1) is 10.7 Å². The van der Waals surface area contributed by atoms with E-state index < -0.39 is 22.4 Å². The first kappa shape index (κ1) is 10.2. The Labute approximate surface area is 79.6 Å². The molecule has 0 bridgehead atoms. The van der Waals surface area contributed by atoms with Gasteiger partial charge in [-0.05, 0) is 0 Å². The fourth-order valence-corrected chi connectivity index (χ4v) is 2.45. The molecule has 0 aromatic heterocycles. The van der Waals surface area contributed by atoms with Crippen LogP contribution in [0.15, 0.2) is 0 Å². The number of thiol groups is 1. The number of aliphatic hydroxyl groups excluding tert-OH is 2. The van der Waals surface area contributed by atoms with E-state index >= 15 is 0 Å². The van der Waals surface area contributed by atoms with Crippen molar-refractivity contribution in [2.45, 2.75) is 22.4 Å². The molecule has 1 aliphatic rings. The number of thioether (sulfide) groups is 1. The Hall–Kier alpha value is 0.0700. The van der Waals surface area contributed by atoms with E-state index in [2.05, 4.69) is 12.6 Å². The van der Waals surface area contributed by atoms with Crippen LogP contribution in [-0.4, -0.2) is 43.5 Å². The van der Waals surface area contributed by atoms with Crippen LogP contribution in [0.4, 0.5) is 0 Å². The SMILES string of the molecule is N#C[C@]1(O)[C@H](S)SC[C@@H](O)[C@@H]1O. The number of aliphatic hydroxyl groups is 3. The van der Waals surface area contributed by atoms with Crippen LogP contribution in [-0.2, 0) is 0 Å². The van der Waals surface area contributed by atoms with Crippen molar-refractivity contribution in [3.8, 4) is 6.07 Å². The second-order valence-corrected chi connectivity index (χ2v) is 4.64. The zero-order valence-electron chi connectivity index (χ0n) is 6.08. The van der Waals surface area contributed by atoms with Gasteiger partial charge in [0.25, 0.3) is 0 Å². The van der Waals surface area contributed by atoms with Gasteiger partial charge < -0.3 is 15.3 Å². The van der Waals surface area contributed by atoms with Crippen LogP contribution in [0.3, 0.4) is 0 Å². The van der Waals surface area contributed by atoms with E-state index in [0.29, 0.717) is 0 Å². The minimum atomic E-state index is -1.95. The molecule has 0 radical (unpaired) electrons. The van der Waals surface area contributed by atoms with E-state index in [0.717, 1.165) is 11.8 Å². The molecule has 0 aliphatic carbocycles. The molecule has 0 saturated carbocycles. The summed E-state index contributed by atoms with van der Waals surface area (Å²) in [4.78, 5) is 0. The van der Waals surface area contributed by atoms with Crippen molar-refractivity contribution in [1.29, 1.82) is 5.26 Å². The zero-order chi connectivity index (χ0) is 9.35. The smallest absolute Gasteiger partial charge is 0.200 e. The quantitative estimate of drug-likeness (QED) is 0.301. The van der Waals surface area contributed by atoms with Crippen molar-refractivity contribution in [2.24, 2.45) is 0 Å². The Morgan fingerprint density at radius 2 is 2.17 bits per heavy atom. The minimum Gasteiger partial charge on any atom is -0.389 e. The molecule has 0 aromatic carbocycles. The van der Waals surface area contributed by atoms with E-state index in [4.69, 9.17) is 10.4 Å². The van der Waals surface area contributed by atoms with Gasteiger partial charge in [0, 0.05) is 5.75 Å². The summed E-state index contributed by atoms with van der Waals surface area (Å²) >= 11 is 5.08. The maximum absolute atomic E-state index is 9.52. The van der Waals surface area contributed by atoms with E-state index in [-0.39, 0.29) is 5.75 Å². The number of nitriles is 1. The van der Waals surface area contributed by atoms with Gasteiger partial charge in [-0.2, -0.15) is 17.9 Å². The lowest BCUT2D eigenvalue weighted by Crippen LogP contribution is -2.57. The van der Waals surface area contributed by atoms with Gasteiger partial charge in [-0.25, -0.2) is 0 Å². The molecular formula is C6H9NO3S2. The van der Waals surface area contributed by atoms with Gasteiger partial charge in [-0.1, -0.05) is 0 Å². The molecule has 1 fully saturated rings. The third-order valence-electron chi connectivity index (χ3n) is 1.80. The Balaban J connectivity index is 2.87. The first-order chi connectivity index (χ1) is 5.52. The van der Waals surface area contributed by atoms with Crippen molar-refractivity contribution >= 4 is 24.4 Å². The van der Waals surface area contributed by atoms with Gasteiger partial charge in [-0.3, -0.25) is 0 Å². The van der Waals surface area contributed by atoms with Crippen molar-refractivity contribution in [2.75, 3.05) is 5.75 Å². The fraction of sp³-hybridized carbons (Fsp3) is 0.833. The van der Waals surface area contributed by atoms with Crippen molar-refractivity contribution < 1.29 is 15.3 Å². The third kappa shape index (κ3) is 1.43. The summed E-state index contributed by atoms with van der Waals surface area (Å²) in [7, 11) is 0. The van der Waals surface area contributed by atoms with E-state index in [1.54, 1.807) is 6.07 Å². The van der Waals surface area contributed by atoms with Gasteiger partial charge in [-0.15, -0.1) is 11.8 Å². The number of rotatable bonds is 0. The average Bonchev–Trinajstić information content (AvgIpc) is 2.08. The molecule has 0 amide bonds. The molecule has 4 nitrogen and oxygen atoms in total. The molecule has 0 unspecified atom stereocenters. The maximum Gasteiger partial charge on any atom is 0.200 e. The minimum absolute atomic E-state index is 0.277. The van der Waals surface area contributed by atoms with Crippen molar-refractivity contribution in [1.82, 2.24) is 0 Å². The van der Waals surface area contributed by atoms with E-state index in [1.807, 2.05) is 0 Å². The monoisotopic (exact) mass is 207 g/mol. The molecule has 1 saturated heterocycles. The maximum atomic E-state index is 9.52. The largest absolute Gasteiger partial charge is 0.389 e. The summed E-state index contributed by atoms with van der Waals surface area (Å²) in [5, 5.41) is 36.5. The molecule has 1 aliphatic heterocycles. The predicted molar refractivity (Wildman–Crippen MR) is 47.8 cm³/mol. The molecule has 0 aromatic rings. The van der Waals surface area contributed by atoms with Crippen molar-refractivity contribution in [3.05, 3.63) is 0 Å². The first-order valence-electron chi connectivity index (χ1n) is 3.32. The standard InChI is InChI=1S/C6H9NO3S2/c7-2-6(10)4(9)3(8)1-12-5(6)11/h3-5,8-11H,1H2/t3-,4+,5-,6-/m1/s1. The summed E-state index contributed by atoms with van der Waals surface area (Å²) in [6.45, 7) is 0. The Kier molecular flexibility index (Phi) is 2.91. The highest BCUT2D eigenvalue weighted by atomic mass is 32.2. The molecule has 1 heterocycles. The summed E-state index contributed by atoms with van der Waals surface area (Å²) in [6, 6.07) is 1.56. The molecule has 6 heteroatoms. The normalized spacial score (nSPS) is 48.4. The average molecular weight is 207 g/mol. The highest BCUT2D eigenvalue weighted by Crippen LogP contribution is 2.36. The molecule has 3 N–H and O–H groups in total. The van der Waals surface area contributed by atoms with Crippen LogP contribution in [0.25, 0.3) is 0 Å². The first-order valence-corrected chi connectivity index (χ1v) is 4.88. The molecule has 4 atom stereocenters. The summed E-state index contributed by atoms with van der Waals surface area (Å²) in [6.07, 6.45) is -2.51. The molecule has 12 heavy (non-hydrogen) atoms. The van der Waals surface area contributed by atoms with Crippen LogP contribution in [0.1, 0.15) is 0 Å². The lowest BCUT2D eigenvalue weighted by atomic mass is 9.96. The fourth-order valence-electron chi connectivity index (χ4n) is 0.969. The van der Waals surface area contributed by atoms with Crippen LogP contribution in [0, 0.1) is 11.3 Å². The van der Waals surface area contributed by atoms with Gasteiger partial charge in [0.1, 0.15) is 12.2 Å². The summed E-state index contributed by atoms with van der Waals surface area (Å²) in [5.74, 6) is 0.277. The number of hydrogen-bond acceptors (Lipinski definition) is 6. The summed E-state index contributed by atoms with van der Waals surface area (Å²) < 4.78 is -0.680. The molecule has 1 rings (SSSR count). The van der Waals surface area contributed by atoms with Gasteiger partial charge >= 0.3 is 0 Å². The Morgan fingerprint density at radius 1 is 1.58 bits per heavy atom. The van der Waals surface area contributed by atoms with Crippen LogP contribution < -0.4 is 0 Å². The second-order valence-electron chi connectivity index (χ2n) is 2.64. The van der Waals surface area contributed by atoms with Gasteiger partial charge in [0.15, 0.2) is 0 Å². The predicted octanol–water partition coefficient (Wildman–Crippen LogP) is -1.03. The van der Waals surface area contributed by atoms with Crippen LogP contribution in [0.5, 0.6) is 0 Å². The van der Waals surface area contributed by atoms with E-state index in [1.165, 1.54) is 0 Å². The van der Waals surface area contributed by atoms with E-state index in [9.17, 15) is 10.2 Å². The second kappa shape index (κ2) is 3.44.